The molecule has 0 saturated heterocycles. The number of carbonyl (C=O) groups excluding carboxylic acids is 1. The minimum Gasteiger partial charge on any atom is -0.322 e. The second-order valence-corrected chi connectivity index (χ2v) is 8.07. The maximum absolute atomic E-state index is 12.5. The Hall–Kier alpha value is -2.54. The highest BCUT2D eigenvalue weighted by Crippen LogP contribution is 2.27. The third-order valence-corrected chi connectivity index (χ3v) is 5.71. The van der Waals surface area contributed by atoms with Gasteiger partial charge in [-0.3, -0.25) is 9.52 Å². The summed E-state index contributed by atoms with van der Waals surface area (Å²) in [7, 11) is -3.90. The average molecular weight is 421 g/mol. The Bertz CT molecular complexity index is 1070. The number of sulfonamides is 1. The quantitative estimate of drug-likeness (QED) is 0.606. The van der Waals surface area contributed by atoms with Gasteiger partial charge in [0.25, 0.3) is 15.9 Å². The van der Waals surface area contributed by atoms with E-state index in [2.05, 4.69) is 10.0 Å². The largest absolute Gasteiger partial charge is 0.322 e. The first-order valence-corrected chi connectivity index (χ1v) is 10.0. The van der Waals surface area contributed by atoms with Gasteiger partial charge < -0.3 is 5.32 Å². The molecule has 27 heavy (non-hydrogen) atoms. The Labute approximate surface area is 167 Å². The molecule has 0 bridgehead atoms. The topological polar surface area (TPSA) is 75.3 Å². The van der Waals surface area contributed by atoms with Crippen molar-refractivity contribution in [2.45, 2.75) is 4.90 Å². The van der Waals surface area contributed by atoms with Gasteiger partial charge in [-0.2, -0.15) is 0 Å². The maximum atomic E-state index is 12.5. The highest BCUT2D eigenvalue weighted by Gasteiger charge is 2.18. The molecule has 0 aliphatic carbocycles. The van der Waals surface area contributed by atoms with Crippen molar-refractivity contribution >= 4 is 50.5 Å². The molecule has 0 saturated carbocycles. The molecule has 2 N–H and O–H groups in total. The van der Waals surface area contributed by atoms with Gasteiger partial charge in [-0.05, 0) is 54.6 Å². The van der Waals surface area contributed by atoms with Crippen molar-refractivity contribution in [1.82, 2.24) is 0 Å². The third kappa shape index (κ3) is 4.80. The van der Waals surface area contributed by atoms with E-state index in [1.165, 1.54) is 30.3 Å². The van der Waals surface area contributed by atoms with Crippen molar-refractivity contribution in [3.63, 3.8) is 0 Å². The number of hydrogen-bond acceptors (Lipinski definition) is 3. The minimum atomic E-state index is -3.90. The standard InChI is InChI=1S/C19H14Cl2N2O3S/c20-14-6-11-17(21)18(12-14)27(25,26)23-16-9-7-15(8-10-16)22-19(24)13-4-2-1-3-5-13/h1-12,23H,(H,22,24). The molecule has 3 aromatic rings. The summed E-state index contributed by atoms with van der Waals surface area (Å²) in [6.45, 7) is 0. The number of anilines is 2. The molecular formula is C19H14Cl2N2O3S. The number of carbonyl (C=O) groups is 1. The van der Waals surface area contributed by atoms with Crippen molar-refractivity contribution < 1.29 is 13.2 Å². The molecule has 0 heterocycles. The second-order valence-electron chi connectivity index (χ2n) is 5.58. The zero-order chi connectivity index (χ0) is 19.4. The lowest BCUT2D eigenvalue weighted by molar-refractivity contribution is 0.102. The number of benzene rings is 3. The molecule has 0 aromatic heterocycles. The van der Waals surface area contributed by atoms with Crippen LogP contribution in [0.15, 0.2) is 77.7 Å². The summed E-state index contributed by atoms with van der Waals surface area (Å²) in [5, 5.41) is 3.07. The molecule has 1 amide bonds. The van der Waals surface area contributed by atoms with Gasteiger partial charge in [0.15, 0.2) is 0 Å². The van der Waals surface area contributed by atoms with E-state index >= 15 is 0 Å². The van der Waals surface area contributed by atoms with Crippen LogP contribution < -0.4 is 10.0 Å². The summed E-state index contributed by atoms with van der Waals surface area (Å²) in [6.07, 6.45) is 0. The average Bonchev–Trinajstić information content (AvgIpc) is 2.65. The Balaban J connectivity index is 1.74. The van der Waals surface area contributed by atoms with Crippen LogP contribution in [-0.2, 0) is 10.0 Å². The number of hydrogen-bond donors (Lipinski definition) is 2. The summed E-state index contributed by atoms with van der Waals surface area (Å²) >= 11 is 11.8. The molecule has 0 aliphatic heterocycles. The van der Waals surface area contributed by atoms with Gasteiger partial charge in [-0.1, -0.05) is 41.4 Å². The molecule has 0 fully saturated rings. The fourth-order valence-electron chi connectivity index (χ4n) is 2.31. The van der Waals surface area contributed by atoms with E-state index in [0.717, 1.165) is 0 Å². The monoisotopic (exact) mass is 420 g/mol. The summed E-state index contributed by atoms with van der Waals surface area (Å²) in [4.78, 5) is 12.0. The van der Waals surface area contributed by atoms with Crippen LogP contribution in [0.2, 0.25) is 10.0 Å². The Morgan fingerprint density at radius 3 is 2.11 bits per heavy atom. The van der Waals surface area contributed by atoms with Crippen LogP contribution in [-0.4, -0.2) is 14.3 Å². The summed E-state index contributed by atoms with van der Waals surface area (Å²) in [6, 6.07) is 19.2. The number of nitrogens with one attached hydrogen (secondary N) is 2. The van der Waals surface area contributed by atoms with Crippen molar-refractivity contribution in [2.24, 2.45) is 0 Å². The van der Waals surface area contributed by atoms with Gasteiger partial charge in [0.1, 0.15) is 4.90 Å². The van der Waals surface area contributed by atoms with E-state index < -0.39 is 10.0 Å². The number of rotatable bonds is 5. The van der Waals surface area contributed by atoms with Gasteiger partial charge in [-0.15, -0.1) is 0 Å². The third-order valence-electron chi connectivity index (χ3n) is 3.61. The van der Waals surface area contributed by atoms with Crippen LogP contribution >= 0.6 is 23.2 Å². The molecule has 0 unspecified atom stereocenters. The lowest BCUT2D eigenvalue weighted by atomic mass is 10.2. The minimum absolute atomic E-state index is 0.0682. The Morgan fingerprint density at radius 1 is 0.815 bits per heavy atom. The van der Waals surface area contributed by atoms with E-state index in [9.17, 15) is 13.2 Å². The SMILES string of the molecule is O=C(Nc1ccc(NS(=O)(=O)c2cc(Cl)ccc2Cl)cc1)c1ccccc1. The van der Waals surface area contributed by atoms with Crippen LogP contribution in [0.3, 0.4) is 0 Å². The maximum Gasteiger partial charge on any atom is 0.263 e. The molecule has 8 heteroatoms. The highest BCUT2D eigenvalue weighted by molar-refractivity contribution is 7.92. The van der Waals surface area contributed by atoms with Gasteiger partial charge in [0.05, 0.1) is 5.02 Å². The summed E-state index contributed by atoms with van der Waals surface area (Å²) < 4.78 is 27.4. The first kappa shape index (κ1) is 19.2. The predicted octanol–water partition coefficient (Wildman–Crippen LogP) is 5.05. The van der Waals surface area contributed by atoms with Gasteiger partial charge in [0, 0.05) is 22.0 Å². The fourth-order valence-corrected chi connectivity index (χ4v) is 4.13. The van der Waals surface area contributed by atoms with Gasteiger partial charge in [-0.25, -0.2) is 8.42 Å². The van der Waals surface area contributed by atoms with E-state index in [-0.39, 0.29) is 20.8 Å². The molecular weight excluding hydrogens is 407 g/mol. The molecule has 3 rings (SSSR count). The van der Waals surface area contributed by atoms with Crippen molar-refractivity contribution in [3.8, 4) is 0 Å². The highest BCUT2D eigenvalue weighted by atomic mass is 35.5. The van der Waals surface area contributed by atoms with Crippen LogP contribution in [0.1, 0.15) is 10.4 Å². The van der Waals surface area contributed by atoms with Crippen molar-refractivity contribution in [2.75, 3.05) is 10.0 Å². The van der Waals surface area contributed by atoms with E-state index in [1.54, 1.807) is 36.4 Å². The van der Waals surface area contributed by atoms with Gasteiger partial charge in [0.2, 0.25) is 0 Å². The van der Waals surface area contributed by atoms with Crippen LogP contribution in [0.4, 0.5) is 11.4 Å². The first-order valence-electron chi connectivity index (χ1n) is 7.79. The van der Waals surface area contributed by atoms with Crippen LogP contribution in [0.5, 0.6) is 0 Å². The molecule has 0 atom stereocenters. The van der Waals surface area contributed by atoms with Gasteiger partial charge >= 0.3 is 0 Å². The summed E-state index contributed by atoms with van der Waals surface area (Å²) in [5.41, 5.74) is 1.38. The second kappa shape index (κ2) is 8.00. The Morgan fingerprint density at radius 2 is 1.44 bits per heavy atom. The lowest BCUT2D eigenvalue weighted by Crippen LogP contribution is -2.14. The smallest absolute Gasteiger partial charge is 0.263 e. The molecule has 5 nitrogen and oxygen atoms in total. The predicted molar refractivity (Wildman–Crippen MR) is 108 cm³/mol. The lowest BCUT2D eigenvalue weighted by Gasteiger charge is -2.11. The summed E-state index contributed by atoms with van der Waals surface area (Å²) in [5.74, 6) is -0.255. The fraction of sp³-hybridized carbons (Fsp3) is 0. The first-order chi connectivity index (χ1) is 12.8. The Kier molecular flexibility index (Phi) is 5.70. The molecule has 138 valence electrons. The number of halogens is 2. The normalized spacial score (nSPS) is 11.0. The zero-order valence-electron chi connectivity index (χ0n) is 13.8. The van der Waals surface area contributed by atoms with Crippen molar-refractivity contribution in [3.05, 3.63) is 88.4 Å². The van der Waals surface area contributed by atoms with Crippen LogP contribution in [0, 0.1) is 0 Å². The number of amides is 1. The molecule has 0 aliphatic rings. The molecule has 0 spiro atoms. The molecule has 3 aromatic carbocycles. The van der Waals surface area contributed by atoms with E-state index in [0.29, 0.717) is 16.9 Å². The van der Waals surface area contributed by atoms with Crippen molar-refractivity contribution in [1.29, 1.82) is 0 Å². The van der Waals surface area contributed by atoms with E-state index in [4.69, 9.17) is 23.2 Å². The van der Waals surface area contributed by atoms with E-state index in [1.807, 2.05) is 6.07 Å². The molecule has 0 radical (unpaired) electrons. The zero-order valence-corrected chi connectivity index (χ0v) is 16.1. The van der Waals surface area contributed by atoms with Crippen LogP contribution in [0.25, 0.3) is 0 Å².